The number of unbranched alkanes of at least 4 members (excludes halogenated alkanes) is 1. The molecule has 1 fully saturated rings. The quantitative estimate of drug-likeness (QED) is 0.135. The zero-order chi connectivity index (χ0) is 38.4. The van der Waals surface area contributed by atoms with Crippen LogP contribution in [0.15, 0.2) is 60.7 Å². The third-order valence-electron chi connectivity index (χ3n) is 11.8. The van der Waals surface area contributed by atoms with Crippen LogP contribution in [0.25, 0.3) is 0 Å². The molecule has 3 aromatic rings. The van der Waals surface area contributed by atoms with Crippen LogP contribution in [0.5, 0.6) is 5.75 Å². The molecule has 12 nitrogen and oxygen atoms in total. The molecule has 288 valence electrons. The van der Waals surface area contributed by atoms with E-state index in [4.69, 9.17) is 9.47 Å². The minimum atomic E-state index is -3.06. The summed E-state index contributed by atoms with van der Waals surface area (Å²) in [6, 6.07) is 18.1. The van der Waals surface area contributed by atoms with E-state index in [0.29, 0.717) is 61.6 Å². The number of fused-ring (bicyclic) bond motifs is 4. The number of hydrogen-bond acceptors (Lipinski definition) is 9. The molecule has 6 atom stereocenters. The van der Waals surface area contributed by atoms with E-state index in [1.807, 2.05) is 81.5 Å². The molecule has 3 amide bonds. The van der Waals surface area contributed by atoms with Gasteiger partial charge in [0.25, 0.3) is 5.91 Å². The Morgan fingerprint density at radius 1 is 1.04 bits per heavy atom. The van der Waals surface area contributed by atoms with Crippen molar-refractivity contribution < 1.29 is 38.9 Å². The van der Waals surface area contributed by atoms with Crippen molar-refractivity contribution in [3.8, 4) is 5.75 Å². The lowest BCUT2D eigenvalue weighted by atomic mass is 9.82. The van der Waals surface area contributed by atoms with Crippen LogP contribution in [0, 0.1) is 5.92 Å². The number of nitrogens with zero attached hydrogens (tertiary/aromatic N) is 2. The van der Waals surface area contributed by atoms with Gasteiger partial charge in [0.2, 0.25) is 11.8 Å². The van der Waals surface area contributed by atoms with Crippen LogP contribution in [0.2, 0.25) is 18.6 Å². The van der Waals surface area contributed by atoms with Crippen LogP contribution in [0.3, 0.4) is 0 Å². The normalized spacial score (nSPS) is 26.1. The van der Waals surface area contributed by atoms with E-state index >= 15 is 0 Å². The average molecular weight is 757 g/mol. The zero-order valence-electron chi connectivity index (χ0n) is 31.5. The summed E-state index contributed by atoms with van der Waals surface area (Å²) in [5.74, 6) is -0.507. The lowest BCUT2D eigenvalue weighted by molar-refractivity contribution is -0.149. The van der Waals surface area contributed by atoms with Gasteiger partial charge in [0.15, 0.2) is 13.9 Å². The molecular weight excluding hydrogens is 705 g/mol. The molecular formula is C41H52N4O8Si. The highest BCUT2D eigenvalue weighted by atomic mass is 28.4. The third kappa shape index (κ3) is 6.75. The van der Waals surface area contributed by atoms with E-state index in [9.17, 15) is 29.4 Å². The minimum absolute atomic E-state index is 0.0570. The maximum absolute atomic E-state index is 14.3. The summed E-state index contributed by atoms with van der Waals surface area (Å²) < 4.78 is 12.7. The topological polar surface area (TPSA) is 161 Å². The number of amides is 3. The molecule has 4 aliphatic rings. The number of ether oxygens (including phenoxy) is 2. The van der Waals surface area contributed by atoms with E-state index in [-0.39, 0.29) is 37.4 Å². The number of carbonyl (C=O) groups is 3. The van der Waals surface area contributed by atoms with Crippen LogP contribution >= 0.6 is 0 Å². The van der Waals surface area contributed by atoms with Gasteiger partial charge in [-0.3, -0.25) is 19.3 Å². The van der Waals surface area contributed by atoms with E-state index in [2.05, 4.69) is 10.6 Å². The van der Waals surface area contributed by atoms with Gasteiger partial charge < -0.3 is 40.0 Å². The summed E-state index contributed by atoms with van der Waals surface area (Å²) in [6.45, 7) is 8.81. The first-order chi connectivity index (χ1) is 25.9. The molecule has 5 N–H and O–H groups in total. The second-order valence-electron chi connectivity index (χ2n) is 15.6. The van der Waals surface area contributed by atoms with Gasteiger partial charge in [-0.25, -0.2) is 0 Å². The first-order valence-electron chi connectivity index (χ1n) is 19.2. The predicted octanol–water partition coefficient (Wildman–Crippen LogP) is 4.12. The monoisotopic (exact) mass is 756 g/mol. The predicted molar refractivity (Wildman–Crippen MR) is 207 cm³/mol. The highest BCUT2D eigenvalue weighted by molar-refractivity contribution is 6.71. The molecule has 1 spiro atoms. The third-order valence-corrected chi connectivity index (χ3v) is 14.3. The zero-order valence-corrected chi connectivity index (χ0v) is 32.5. The maximum Gasteiger partial charge on any atom is 0.261 e. The second kappa shape index (κ2) is 15.2. The van der Waals surface area contributed by atoms with Crippen molar-refractivity contribution in [1.29, 1.82) is 0 Å². The molecule has 1 unspecified atom stereocenters. The number of rotatable bonds is 12. The summed E-state index contributed by atoms with van der Waals surface area (Å²) in [5.41, 5.74) is 3.48. The average Bonchev–Trinajstić information content (AvgIpc) is 3.61. The molecule has 54 heavy (non-hydrogen) atoms. The van der Waals surface area contributed by atoms with Crippen molar-refractivity contribution in [2.24, 2.45) is 5.92 Å². The van der Waals surface area contributed by atoms with Gasteiger partial charge in [0, 0.05) is 41.5 Å². The highest BCUT2D eigenvalue weighted by Crippen LogP contribution is 2.59. The van der Waals surface area contributed by atoms with Crippen molar-refractivity contribution in [2.45, 2.75) is 94.9 Å². The molecule has 1 saturated heterocycles. The Morgan fingerprint density at radius 3 is 2.54 bits per heavy atom. The molecule has 7 rings (SSSR count). The van der Waals surface area contributed by atoms with Gasteiger partial charge >= 0.3 is 0 Å². The Labute approximate surface area is 317 Å². The lowest BCUT2D eigenvalue weighted by Crippen LogP contribution is -2.49. The van der Waals surface area contributed by atoms with Crippen LogP contribution in [-0.4, -0.2) is 90.5 Å². The van der Waals surface area contributed by atoms with Crippen molar-refractivity contribution in [3.05, 3.63) is 82.9 Å². The Morgan fingerprint density at radius 2 is 1.81 bits per heavy atom. The Bertz CT molecular complexity index is 1920. The number of aliphatic hydroxyl groups is 2. The van der Waals surface area contributed by atoms with Gasteiger partial charge in [0.1, 0.15) is 5.75 Å². The van der Waals surface area contributed by atoms with Crippen LogP contribution in [0.4, 0.5) is 17.1 Å². The Hall–Kier alpha value is -4.11. The van der Waals surface area contributed by atoms with Gasteiger partial charge in [-0.15, -0.1) is 0 Å². The number of benzene rings is 3. The largest absolute Gasteiger partial charge is 0.494 e. The first-order valence-corrected chi connectivity index (χ1v) is 22.2. The minimum Gasteiger partial charge on any atom is -0.494 e. The number of nitrogens with one attached hydrogen (secondary N) is 2. The van der Waals surface area contributed by atoms with Gasteiger partial charge in [-0.1, -0.05) is 31.2 Å². The molecule has 4 heterocycles. The Kier molecular flexibility index (Phi) is 10.7. The fourth-order valence-electron chi connectivity index (χ4n) is 9.28. The van der Waals surface area contributed by atoms with Gasteiger partial charge in [0.05, 0.1) is 43.5 Å². The van der Waals surface area contributed by atoms with Gasteiger partial charge in [-0.2, -0.15) is 0 Å². The molecule has 3 aromatic carbocycles. The molecule has 0 aliphatic carbocycles. The standard InChI is InChI=1S/C41H52N4O8Si/c1-5-52-31-13-15-35-28(19-31)20-34(42-16-8-9-17-46)39(49)45(35)29-12-14-33-32(21-29)41(40(50)43-33)25(2)38(54(3,4)51)36(53-41)22-37(48)44-23-27-11-7-6-10-26(27)18-30(44)24-47/h6-7,10-15,19,21,25,30,34,36,38,42,46-47,51H,5,8-9,16-18,20,22-24H2,1-4H3,(H,43,50)/t25-,30-,34?,36+,38-,41+/m0/s1. The van der Waals surface area contributed by atoms with E-state index < -0.39 is 43.6 Å². The summed E-state index contributed by atoms with van der Waals surface area (Å²) in [7, 11) is -3.06. The molecule has 0 bridgehead atoms. The van der Waals surface area contributed by atoms with Gasteiger partial charge in [-0.05, 0) is 105 Å². The molecule has 4 aliphatic heterocycles. The number of anilines is 3. The molecule has 0 radical (unpaired) electrons. The first kappa shape index (κ1) is 38.2. The van der Waals surface area contributed by atoms with Crippen LogP contribution < -0.4 is 20.3 Å². The highest BCUT2D eigenvalue weighted by Gasteiger charge is 2.65. The molecule has 0 saturated carbocycles. The molecule has 13 heteroatoms. The SMILES string of the molecule is CCOc1ccc2c(c1)CC(NCCCCO)C(=O)N2c1ccc2c(c1)[C@@]1(O[C@H](CC(=O)N3Cc4ccccc4C[C@H]3CO)[C@@H]([Si](C)(C)O)[C@@H]1C)C(=O)N2. The van der Waals surface area contributed by atoms with E-state index in [1.165, 1.54) is 0 Å². The summed E-state index contributed by atoms with van der Waals surface area (Å²) in [4.78, 5) is 57.9. The smallest absolute Gasteiger partial charge is 0.261 e. The van der Waals surface area contributed by atoms with Crippen LogP contribution in [0.1, 0.15) is 55.4 Å². The Balaban J connectivity index is 1.23. The van der Waals surface area contributed by atoms with Crippen molar-refractivity contribution in [2.75, 3.05) is 36.6 Å². The summed E-state index contributed by atoms with van der Waals surface area (Å²) >= 11 is 0. The number of carbonyl (C=O) groups excluding carboxylic acids is 3. The van der Waals surface area contributed by atoms with Crippen molar-refractivity contribution in [3.63, 3.8) is 0 Å². The van der Waals surface area contributed by atoms with Crippen molar-refractivity contribution in [1.82, 2.24) is 10.2 Å². The fourth-order valence-corrected chi connectivity index (χ4v) is 11.8. The van der Waals surface area contributed by atoms with E-state index in [0.717, 1.165) is 28.8 Å². The molecule has 0 aromatic heterocycles. The fraction of sp³-hybridized carbons (Fsp3) is 0.488. The van der Waals surface area contributed by atoms with Crippen molar-refractivity contribution >= 4 is 43.1 Å². The summed E-state index contributed by atoms with van der Waals surface area (Å²) in [6.07, 6.45) is 1.53. The number of hydrogen-bond donors (Lipinski definition) is 5. The lowest BCUT2D eigenvalue weighted by Gasteiger charge is -2.37. The summed E-state index contributed by atoms with van der Waals surface area (Å²) in [5, 5.41) is 26.0. The maximum atomic E-state index is 14.3. The van der Waals surface area contributed by atoms with Crippen LogP contribution in [-0.2, 0) is 44.1 Å². The second-order valence-corrected chi connectivity index (χ2v) is 19.6. The van der Waals surface area contributed by atoms with E-state index in [1.54, 1.807) is 15.9 Å². The number of aliphatic hydroxyl groups excluding tert-OH is 2.